The Hall–Kier alpha value is -2.46. The van der Waals surface area contributed by atoms with E-state index >= 15 is 0 Å². The maximum Gasteiger partial charge on any atom is 0.123 e. The fourth-order valence-electron chi connectivity index (χ4n) is 2.67. The molecule has 24 heavy (non-hydrogen) atoms. The van der Waals surface area contributed by atoms with E-state index < -0.39 is 0 Å². The Morgan fingerprint density at radius 1 is 0.792 bits per heavy atom. The summed E-state index contributed by atoms with van der Waals surface area (Å²) < 4.78 is 34.2. The van der Waals surface area contributed by atoms with Gasteiger partial charge in [-0.2, -0.15) is 0 Å². The zero-order chi connectivity index (χ0) is 16.8. The van der Waals surface area contributed by atoms with E-state index in [2.05, 4.69) is 0 Å². The molecule has 0 saturated carbocycles. The van der Waals surface area contributed by atoms with Crippen molar-refractivity contribution in [2.45, 2.75) is 12.5 Å². The lowest BCUT2D eigenvalue weighted by atomic mass is 9.92. The predicted octanol–water partition coefficient (Wildman–Crippen LogP) is 4.62. The summed E-state index contributed by atoms with van der Waals surface area (Å²) in [6, 6.07) is 16.7. The van der Waals surface area contributed by atoms with E-state index in [-0.39, 0.29) is 17.6 Å². The first kappa shape index (κ1) is 16.4. The Kier molecular flexibility index (Phi) is 5.39. The molecule has 3 rings (SSSR count). The molecule has 0 atom stereocenters. The summed E-state index contributed by atoms with van der Waals surface area (Å²) in [5, 5.41) is 0. The van der Waals surface area contributed by atoms with Crippen LogP contribution in [0, 0.1) is 11.6 Å². The van der Waals surface area contributed by atoms with E-state index in [1.807, 2.05) is 29.1 Å². The average Bonchev–Trinajstić information content (AvgIpc) is 3.11. The van der Waals surface area contributed by atoms with Crippen LogP contribution in [0.2, 0.25) is 0 Å². The van der Waals surface area contributed by atoms with Crippen molar-refractivity contribution in [3.8, 4) is 0 Å². The first-order chi connectivity index (χ1) is 11.7. The van der Waals surface area contributed by atoms with Gasteiger partial charge in [0.05, 0.1) is 13.2 Å². The van der Waals surface area contributed by atoms with Gasteiger partial charge < -0.3 is 9.30 Å². The monoisotopic (exact) mass is 327 g/mol. The lowest BCUT2D eigenvalue weighted by molar-refractivity contribution is 0.120. The lowest BCUT2D eigenvalue weighted by Gasteiger charge is -2.18. The normalized spacial score (nSPS) is 11.1. The number of hydrogen-bond donors (Lipinski definition) is 0. The van der Waals surface area contributed by atoms with Crippen LogP contribution in [0.5, 0.6) is 0 Å². The third-order valence-electron chi connectivity index (χ3n) is 3.99. The first-order valence-electron chi connectivity index (χ1n) is 7.92. The van der Waals surface area contributed by atoms with Crippen molar-refractivity contribution in [2.24, 2.45) is 0 Å². The standard InChI is InChI=1S/C20H19F2NO/c21-18-7-3-16(4-8-18)20(17-5-9-19(22)10-6-17)15-24-14-13-23-11-1-2-12-23/h1-12,20H,13-15H2. The highest BCUT2D eigenvalue weighted by atomic mass is 19.1. The Labute approximate surface area is 140 Å². The van der Waals surface area contributed by atoms with Gasteiger partial charge in [-0.1, -0.05) is 24.3 Å². The molecular weight excluding hydrogens is 308 g/mol. The molecule has 0 aliphatic carbocycles. The van der Waals surface area contributed by atoms with Gasteiger partial charge in [0.15, 0.2) is 0 Å². The molecule has 0 bridgehead atoms. The van der Waals surface area contributed by atoms with Crippen molar-refractivity contribution < 1.29 is 13.5 Å². The summed E-state index contributed by atoms with van der Waals surface area (Å²) >= 11 is 0. The lowest BCUT2D eigenvalue weighted by Crippen LogP contribution is -2.13. The van der Waals surface area contributed by atoms with Gasteiger partial charge in [0.2, 0.25) is 0 Å². The van der Waals surface area contributed by atoms with E-state index in [4.69, 9.17) is 4.74 Å². The van der Waals surface area contributed by atoms with Crippen LogP contribution in [-0.2, 0) is 11.3 Å². The minimum Gasteiger partial charge on any atom is -0.379 e. The van der Waals surface area contributed by atoms with Crippen LogP contribution in [0.15, 0.2) is 73.1 Å². The maximum atomic E-state index is 13.2. The summed E-state index contributed by atoms with van der Waals surface area (Å²) in [7, 11) is 0. The zero-order valence-corrected chi connectivity index (χ0v) is 13.2. The summed E-state index contributed by atoms with van der Waals surface area (Å²) in [5.41, 5.74) is 1.90. The molecule has 2 nitrogen and oxygen atoms in total. The molecule has 0 saturated heterocycles. The third-order valence-corrected chi connectivity index (χ3v) is 3.99. The maximum absolute atomic E-state index is 13.2. The van der Waals surface area contributed by atoms with E-state index in [9.17, 15) is 8.78 Å². The Bertz CT molecular complexity index is 691. The van der Waals surface area contributed by atoms with Gasteiger partial charge in [-0.05, 0) is 47.5 Å². The largest absolute Gasteiger partial charge is 0.379 e. The molecule has 4 heteroatoms. The molecule has 1 aromatic heterocycles. The average molecular weight is 327 g/mol. The second-order valence-corrected chi connectivity index (χ2v) is 5.65. The van der Waals surface area contributed by atoms with Gasteiger partial charge in [0.25, 0.3) is 0 Å². The Balaban J connectivity index is 1.69. The number of halogens is 2. The number of nitrogens with zero attached hydrogens (tertiary/aromatic N) is 1. The van der Waals surface area contributed by atoms with Crippen molar-refractivity contribution in [3.63, 3.8) is 0 Å². The van der Waals surface area contributed by atoms with Crippen LogP contribution in [0.4, 0.5) is 8.78 Å². The van der Waals surface area contributed by atoms with Crippen molar-refractivity contribution in [1.29, 1.82) is 0 Å². The molecule has 0 spiro atoms. The fourth-order valence-corrected chi connectivity index (χ4v) is 2.67. The molecule has 0 amide bonds. The van der Waals surface area contributed by atoms with Crippen LogP contribution in [0.3, 0.4) is 0 Å². The second kappa shape index (κ2) is 7.88. The summed E-state index contributed by atoms with van der Waals surface area (Å²) in [6.07, 6.45) is 3.97. The summed E-state index contributed by atoms with van der Waals surface area (Å²) in [6.45, 7) is 1.80. The van der Waals surface area contributed by atoms with E-state index in [1.165, 1.54) is 24.3 Å². The molecule has 1 heterocycles. The Morgan fingerprint density at radius 2 is 1.29 bits per heavy atom. The highest BCUT2D eigenvalue weighted by molar-refractivity contribution is 5.33. The first-order valence-corrected chi connectivity index (χ1v) is 7.92. The number of hydrogen-bond acceptors (Lipinski definition) is 1. The number of benzene rings is 2. The topological polar surface area (TPSA) is 14.2 Å². The van der Waals surface area contributed by atoms with Crippen molar-refractivity contribution in [1.82, 2.24) is 4.57 Å². The van der Waals surface area contributed by atoms with Crippen LogP contribution >= 0.6 is 0 Å². The van der Waals surface area contributed by atoms with Crippen LogP contribution < -0.4 is 0 Å². The molecule has 0 radical (unpaired) electrons. The van der Waals surface area contributed by atoms with Crippen molar-refractivity contribution >= 4 is 0 Å². The molecule has 2 aromatic carbocycles. The number of rotatable bonds is 7. The molecule has 0 N–H and O–H groups in total. The highest BCUT2D eigenvalue weighted by Gasteiger charge is 2.15. The minimum atomic E-state index is -0.273. The molecule has 3 aromatic rings. The SMILES string of the molecule is Fc1ccc(C(COCCn2cccc2)c2ccc(F)cc2)cc1. The van der Waals surface area contributed by atoms with Gasteiger partial charge in [0.1, 0.15) is 11.6 Å². The summed E-state index contributed by atoms with van der Waals surface area (Å²) in [4.78, 5) is 0. The smallest absolute Gasteiger partial charge is 0.123 e. The Morgan fingerprint density at radius 3 is 1.79 bits per heavy atom. The molecule has 0 unspecified atom stereocenters. The van der Waals surface area contributed by atoms with Gasteiger partial charge in [-0.15, -0.1) is 0 Å². The number of aromatic nitrogens is 1. The highest BCUT2D eigenvalue weighted by Crippen LogP contribution is 2.25. The summed E-state index contributed by atoms with van der Waals surface area (Å²) in [5.74, 6) is -0.605. The minimum absolute atomic E-state index is 0.0594. The molecule has 124 valence electrons. The van der Waals surface area contributed by atoms with Crippen LogP contribution in [0.25, 0.3) is 0 Å². The van der Waals surface area contributed by atoms with E-state index in [0.29, 0.717) is 13.2 Å². The van der Waals surface area contributed by atoms with Crippen molar-refractivity contribution in [3.05, 3.63) is 95.8 Å². The molecule has 0 aliphatic heterocycles. The van der Waals surface area contributed by atoms with Crippen LogP contribution in [0.1, 0.15) is 17.0 Å². The van der Waals surface area contributed by atoms with Gasteiger partial charge in [0, 0.05) is 24.9 Å². The third kappa shape index (κ3) is 4.30. The van der Waals surface area contributed by atoms with E-state index in [0.717, 1.165) is 17.7 Å². The van der Waals surface area contributed by atoms with Gasteiger partial charge >= 0.3 is 0 Å². The van der Waals surface area contributed by atoms with E-state index in [1.54, 1.807) is 24.3 Å². The quantitative estimate of drug-likeness (QED) is 0.578. The van der Waals surface area contributed by atoms with Crippen LogP contribution in [-0.4, -0.2) is 17.8 Å². The van der Waals surface area contributed by atoms with Crippen molar-refractivity contribution in [2.75, 3.05) is 13.2 Å². The molecule has 0 fully saturated rings. The predicted molar refractivity (Wildman–Crippen MR) is 89.9 cm³/mol. The van der Waals surface area contributed by atoms with Gasteiger partial charge in [-0.25, -0.2) is 8.78 Å². The van der Waals surface area contributed by atoms with Gasteiger partial charge in [-0.3, -0.25) is 0 Å². The molecule has 0 aliphatic rings. The fraction of sp³-hybridized carbons (Fsp3) is 0.200. The number of ether oxygens (including phenoxy) is 1. The molecular formula is C20H19F2NO. The second-order valence-electron chi connectivity index (χ2n) is 5.65. The zero-order valence-electron chi connectivity index (χ0n) is 13.2.